The summed E-state index contributed by atoms with van der Waals surface area (Å²) in [7, 11) is -3.54. The van der Waals surface area contributed by atoms with Crippen molar-refractivity contribution in [1.29, 1.82) is 0 Å². The van der Waals surface area contributed by atoms with Crippen molar-refractivity contribution in [3.05, 3.63) is 21.9 Å². The van der Waals surface area contributed by atoms with Crippen molar-refractivity contribution in [3.8, 4) is 0 Å². The van der Waals surface area contributed by atoms with Crippen molar-refractivity contribution in [3.63, 3.8) is 0 Å². The van der Waals surface area contributed by atoms with Gasteiger partial charge < -0.3 is 4.98 Å². The van der Waals surface area contributed by atoms with Gasteiger partial charge in [0.25, 0.3) is 0 Å². The monoisotopic (exact) mass is 280 g/mol. The second-order valence-electron chi connectivity index (χ2n) is 3.09. The summed E-state index contributed by atoms with van der Waals surface area (Å²) in [6.07, 6.45) is 2.83. The maximum Gasteiger partial charge on any atom is 0.245 e. The van der Waals surface area contributed by atoms with Crippen LogP contribution in [0.5, 0.6) is 0 Å². The molecule has 0 atom stereocenters. The molecule has 0 bridgehead atoms. The van der Waals surface area contributed by atoms with Crippen LogP contribution in [0.2, 0.25) is 5.02 Å². The number of aromatic amines is 1. The zero-order valence-electron chi connectivity index (χ0n) is 9.03. The van der Waals surface area contributed by atoms with Crippen LogP contribution >= 0.6 is 23.8 Å². The SMILES string of the molecule is CCN(CC)S(=O)(=O)c1c[nH]cc(Cl)c1=S. The largest absolute Gasteiger partial charge is 0.365 e. The number of H-pyrrole nitrogens is 1. The van der Waals surface area contributed by atoms with E-state index in [0.717, 1.165) is 0 Å². The molecule has 7 heteroatoms. The minimum Gasteiger partial charge on any atom is -0.365 e. The molecule has 16 heavy (non-hydrogen) atoms. The van der Waals surface area contributed by atoms with E-state index in [4.69, 9.17) is 23.8 Å². The van der Waals surface area contributed by atoms with Gasteiger partial charge in [-0.2, -0.15) is 4.31 Å². The van der Waals surface area contributed by atoms with E-state index >= 15 is 0 Å². The molecule has 0 radical (unpaired) electrons. The molecule has 1 rings (SSSR count). The molecular formula is C9H13ClN2O2S2. The highest BCUT2D eigenvalue weighted by Crippen LogP contribution is 2.20. The Morgan fingerprint density at radius 3 is 2.44 bits per heavy atom. The first-order valence-corrected chi connectivity index (χ1v) is 7.04. The predicted octanol–water partition coefficient (Wildman–Crippen LogP) is 2.43. The predicted molar refractivity (Wildman–Crippen MR) is 66.7 cm³/mol. The van der Waals surface area contributed by atoms with E-state index in [1.165, 1.54) is 16.7 Å². The summed E-state index contributed by atoms with van der Waals surface area (Å²) in [6.45, 7) is 4.36. The van der Waals surface area contributed by atoms with Gasteiger partial charge in [-0.15, -0.1) is 0 Å². The first kappa shape index (κ1) is 13.6. The van der Waals surface area contributed by atoms with Crippen LogP contribution in [0.4, 0.5) is 0 Å². The van der Waals surface area contributed by atoms with Crippen molar-refractivity contribution in [2.75, 3.05) is 13.1 Å². The van der Waals surface area contributed by atoms with Crippen LogP contribution in [0.15, 0.2) is 17.3 Å². The molecule has 90 valence electrons. The summed E-state index contributed by atoms with van der Waals surface area (Å²) in [5.41, 5.74) is 0. The van der Waals surface area contributed by atoms with Crippen LogP contribution < -0.4 is 0 Å². The van der Waals surface area contributed by atoms with Gasteiger partial charge in [0, 0.05) is 25.5 Å². The number of sulfonamides is 1. The summed E-state index contributed by atoms with van der Waals surface area (Å²) in [4.78, 5) is 2.73. The quantitative estimate of drug-likeness (QED) is 0.862. The Balaban J connectivity index is 3.39. The molecule has 0 aromatic carbocycles. The minimum absolute atomic E-state index is 0.0544. The average molecular weight is 281 g/mol. The highest BCUT2D eigenvalue weighted by atomic mass is 35.5. The molecule has 0 unspecified atom stereocenters. The molecule has 0 saturated heterocycles. The van der Waals surface area contributed by atoms with Gasteiger partial charge in [0.2, 0.25) is 10.0 Å². The Morgan fingerprint density at radius 2 is 1.94 bits per heavy atom. The number of rotatable bonds is 4. The molecule has 0 saturated carbocycles. The van der Waals surface area contributed by atoms with E-state index in [-0.39, 0.29) is 14.4 Å². The van der Waals surface area contributed by atoms with Gasteiger partial charge in [-0.3, -0.25) is 0 Å². The van der Waals surface area contributed by atoms with Gasteiger partial charge in [-0.25, -0.2) is 8.42 Å². The number of hydrogen-bond donors (Lipinski definition) is 1. The Labute approximate surface area is 105 Å². The van der Waals surface area contributed by atoms with Crippen molar-refractivity contribution < 1.29 is 8.42 Å². The number of pyridine rings is 1. The van der Waals surface area contributed by atoms with Crippen molar-refractivity contribution in [2.45, 2.75) is 18.7 Å². The minimum atomic E-state index is -3.54. The van der Waals surface area contributed by atoms with E-state index in [1.807, 2.05) is 0 Å². The van der Waals surface area contributed by atoms with Crippen molar-refractivity contribution in [1.82, 2.24) is 9.29 Å². The van der Waals surface area contributed by atoms with E-state index in [9.17, 15) is 8.42 Å². The van der Waals surface area contributed by atoms with Crippen molar-refractivity contribution >= 4 is 33.8 Å². The van der Waals surface area contributed by atoms with E-state index < -0.39 is 10.0 Å². The van der Waals surface area contributed by atoms with Crippen LogP contribution in [-0.2, 0) is 10.0 Å². The van der Waals surface area contributed by atoms with Crippen LogP contribution in [0, 0.1) is 4.51 Å². The zero-order chi connectivity index (χ0) is 12.3. The molecule has 0 aliphatic heterocycles. The first-order valence-electron chi connectivity index (χ1n) is 4.81. The average Bonchev–Trinajstić information content (AvgIpc) is 2.23. The van der Waals surface area contributed by atoms with Gasteiger partial charge in [-0.05, 0) is 0 Å². The Bertz CT molecular complexity index is 521. The molecular weight excluding hydrogens is 268 g/mol. The van der Waals surface area contributed by atoms with Crippen molar-refractivity contribution in [2.24, 2.45) is 0 Å². The molecule has 1 aromatic heterocycles. The maximum absolute atomic E-state index is 12.1. The van der Waals surface area contributed by atoms with Gasteiger partial charge in [0.05, 0.1) is 9.53 Å². The molecule has 1 heterocycles. The van der Waals surface area contributed by atoms with E-state index in [0.29, 0.717) is 13.1 Å². The summed E-state index contributed by atoms with van der Waals surface area (Å²) in [6, 6.07) is 0. The topological polar surface area (TPSA) is 53.2 Å². The Hall–Kier alpha value is -0.430. The summed E-state index contributed by atoms with van der Waals surface area (Å²) in [5, 5.41) is 0.239. The summed E-state index contributed by atoms with van der Waals surface area (Å²) < 4.78 is 25.8. The highest BCUT2D eigenvalue weighted by molar-refractivity contribution is 7.89. The lowest BCUT2D eigenvalue weighted by atomic mass is 10.5. The summed E-state index contributed by atoms with van der Waals surface area (Å²) >= 11 is 10.8. The molecule has 0 fully saturated rings. The standard InChI is InChI=1S/C9H13ClN2O2S2/c1-3-12(4-2)16(13,14)8-6-11-5-7(10)9(8)15/h5-6H,3-4H2,1-2H3,(H,11,15). The van der Waals surface area contributed by atoms with Gasteiger partial charge in [0.1, 0.15) is 4.90 Å². The molecule has 0 aliphatic carbocycles. The third kappa shape index (κ3) is 2.45. The number of nitrogens with zero attached hydrogens (tertiary/aromatic N) is 1. The highest BCUT2D eigenvalue weighted by Gasteiger charge is 2.23. The Morgan fingerprint density at radius 1 is 1.38 bits per heavy atom. The molecule has 0 amide bonds. The van der Waals surface area contributed by atoms with Crippen LogP contribution in [0.25, 0.3) is 0 Å². The third-order valence-electron chi connectivity index (χ3n) is 2.19. The zero-order valence-corrected chi connectivity index (χ0v) is 11.4. The summed E-state index contributed by atoms with van der Waals surface area (Å²) in [5.74, 6) is 0. The smallest absolute Gasteiger partial charge is 0.245 e. The van der Waals surface area contributed by atoms with Crippen LogP contribution in [-0.4, -0.2) is 30.8 Å². The lowest BCUT2D eigenvalue weighted by Gasteiger charge is -2.18. The lowest BCUT2D eigenvalue weighted by molar-refractivity contribution is 0.445. The second-order valence-corrected chi connectivity index (χ2v) is 5.81. The van der Waals surface area contributed by atoms with Gasteiger partial charge >= 0.3 is 0 Å². The lowest BCUT2D eigenvalue weighted by Crippen LogP contribution is -2.30. The number of nitrogens with one attached hydrogen (secondary N) is 1. The first-order chi connectivity index (χ1) is 7.45. The molecule has 4 nitrogen and oxygen atoms in total. The van der Waals surface area contributed by atoms with Crippen LogP contribution in [0.1, 0.15) is 13.8 Å². The maximum atomic E-state index is 12.1. The van der Waals surface area contributed by atoms with E-state index in [1.54, 1.807) is 13.8 Å². The number of hydrogen-bond acceptors (Lipinski definition) is 3. The van der Waals surface area contributed by atoms with E-state index in [2.05, 4.69) is 4.98 Å². The Kier molecular flexibility index (Phi) is 4.49. The normalized spacial score (nSPS) is 12.0. The number of halogens is 1. The van der Waals surface area contributed by atoms with Gasteiger partial charge in [-0.1, -0.05) is 37.7 Å². The second kappa shape index (κ2) is 5.27. The fraction of sp³-hybridized carbons (Fsp3) is 0.444. The fourth-order valence-electron chi connectivity index (χ4n) is 1.33. The van der Waals surface area contributed by atoms with Crippen LogP contribution in [0.3, 0.4) is 0 Å². The fourth-order valence-corrected chi connectivity index (χ4v) is 3.51. The molecule has 1 aromatic rings. The molecule has 0 spiro atoms. The molecule has 0 aliphatic rings. The third-order valence-corrected chi connectivity index (χ3v) is 5.24. The van der Waals surface area contributed by atoms with Gasteiger partial charge in [0.15, 0.2) is 0 Å². The number of aromatic nitrogens is 1. The molecule has 1 N–H and O–H groups in total.